The maximum absolute atomic E-state index is 12.2. The first-order valence-electron chi connectivity index (χ1n) is 5.86. The van der Waals surface area contributed by atoms with Crippen molar-refractivity contribution in [1.29, 1.82) is 0 Å². The Kier molecular flexibility index (Phi) is 2.37. The molecule has 3 N–H and O–H groups in total. The zero-order chi connectivity index (χ0) is 11.8. The van der Waals surface area contributed by atoms with E-state index in [1.54, 1.807) is 0 Å². The first-order chi connectivity index (χ1) is 8.24. The van der Waals surface area contributed by atoms with Crippen molar-refractivity contribution in [3.8, 4) is 0 Å². The van der Waals surface area contributed by atoms with Crippen LogP contribution in [-0.2, 0) is 0 Å². The minimum atomic E-state index is 0.0782. The highest BCUT2D eigenvalue weighted by molar-refractivity contribution is 5.98. The van der Waals surface area contributed by atoms with Crippen LogP contribution in [0.5, 0.6) is 0 Å². The van der Waals surface area contributed by atoms with Crippen LogP contribution in [0.3, 0.4) is 0 Å². The minimum Gasteiger partial charge on any atom is -0.361 e. The molecule has 1 amide bonds. The van der Waals surface area contributed by atoms with Crippen molar-refractivity contribution in [2.45, 2.75) is 12.5 Å². The smallest absolute Gasteiger partial charge is 0.253 e. The number of benzene rings is 1. The van der Waals surface area contributed by atoms with E-state index in [0.717, 1.165) is 29.4 Å². The normalized spacial score (nSPS) is 20.1. The third-order valence-electron chi connectivity index (χ3n) is 3.31. The lowest BCUT2D eigenvalue weighted by molar-refractivity contribution is 0.0791. The third-order valence-corrected chi connectivity index (χ3v) is 3.31. The number of rotatable bonds is 1. The zero-order valence-corrected chi connectivity index (χ0v) is 9.52. The van der Waals surface area contributed by atoms with Gasteiger partial charge in [-0.15, -0.1) is 0 Å². The number of hydrogen-bond acceptors (Lipinski definition) is 2. The van der Waals surface area contributed by atoms with Gasteiger partial charge in [-0.1, -0.05) is 6.07 Å². The number of nitrogens with one attached hydrogen (secondary N) is 1. The minimum absolute atomic E-state index is 0.0782. The van der Waals surface area contributed by atoms with E-state index in [-0.39, 0.29) is 11.9 Å². The summed E-state index contributed by atoms with van der Waals surface area (Å²) >= 11 is 0. The van der Waals surface area contributed by atoms with E-state index >= 15 is 0 Å². The van der Waals surface area contributed by atoms with Crippen LogP contribution in [0.25, 0.3) is 10.9 Å². The lowest BCUT2D eigenvalue weighted by Gasteiger charge is -2.15. The number of nitrogens with zero attached hydrogens (tertiary/aromatic N) is 1. The van der Waals surface area contributed by atoms with Gasteiger partial charge in [-0.05, 0) is 30.0 Å². The molecule has 3 rings (SSSR count). The second-order valence-corrected chi connectivity index (χ2v) is 4.58. The average Bonchev–Trinajstić information content (AvgIpc) is 2.95. The largest absolute Gasteiger partial charge is 0.361 e. The van der Waals surface area contributed by atoms with E-state index in [1.165, 1.54) is 0 Å². The van der Waals surface area contributed by atoms with Crippen LogP contribution in [-0.4, -0.2) is 34.9 Å². The van der Waals surface area contributed by atoms with Gasteiger partial charge in [-0.2, -0.15) is 0 Å². The maximum Gasteiger partial charge on any atom is 0.253 e. The van der Waals surface area contributed by atoms with Gasteiger partial charge >= 0.3 is 0 Å². The highest BCUT2D eigenvalue weighted by Crippen LogP contribution is 2.17. The molecule has 0 radical (unpaired) electrons. The van der Waals surface area contributed by atoms with Gasteiger partial charge in [0.05, 0.1) is 0 Å². The van der Waals surface area contributed by atoms with E-state index in [9.17, 15) is 4.79 Å². The Morgan fingerprint density at radius 2 is 2.29 bits per heavy atom. The Morgan fingerprint density at radius 3 is 3.06 bits per heavy atom. The Labute approximate surface area is 99.4 Å². The molecule has 1 aliphatic heterocycles. The number of hydrogen-bond donors (Lipinski definition) is 2. The molecule has 1 aliphatic rings. The number of carbonyl (C=O) groups excluding carboxylic acids is 1. The second-order valence-electron chi connectivity index (χ2n) is 4.58. The molecule has 0 saturated carbocycles. The molecule has 17 heavy (non-hydrogen) atoms. The number of aromatic amines is 1. The molecular weight excluding hydrogens is 214 g/mol. The molecule has 1 aromatic carbocycles. The fourth-order valence-electron chi connectivity index (χ4n) is 2.34. The summed E-state index contributed by atoms with van der Waals surface area (Å²) in [7, 11) is 0. The van der Waals surface area contributed by atoms with E-state index in [2.05, 4.69) is 4.98 Å². The number of aromatic nitrogens is 1. The first-order valence-corrected chi connectivity index (χ1v) is 5.86. The van der Waals surface area contributed by atoms with Crippen LogP contribution in [0, 0.1) is 0 Å². The van der Waals surface area contributed by atoms with Crippen LogP contribution >= 0.6 is 0 Å². The molecule has 0 bridgehead atoms. The van der Waals surface area contributed by atoms with Crippen molar-refractivity contribution in [3.05, 3.63) is 36.0 Å². The lowest BCUT2D eigenvalue weighted by Crippen LogP contribution is -2.31. The first kappa shape index (κ1) is 10.4. The number of fused-ring (bicyclic) bond motifs is 1. The van der Waals surface area contributed by atoms with Crippen LogP contribution < -0.4 is 5.73 Å². The number of carbonyl (C=O) groups is 1. The van der Waals surface area contributed by atoms with Gasteiger partial charge in [0.1, 0.15) is 0 Å². The summed E-state index contributed by atoms with van der Waals surface area (Å²) in [5.74, 6) is 0.0782. The molecule has 1 atom stereocenters. The SMILES string of the molecule is NC1CCN(C(=O)c2ccc3cc[nH]c3c2)C1. The van der Waals surface area contributed by atoms with Gasteiger partial charge in [0.15, 0.2) is 0 Å². The molecule has 0 aliphatic carbocycles. The Bertz CT molecular complexity index is 561. The lowest BCUT2D eigenvalue weighted by atomic mass is 10.1. The van der Waals surface area contributed by atoms with E-state index in [0.29, 0.717) is 6.54 Å². The summed E-state index contributed by atoms with van der Waals surface area (Å²) in [6.45, 7) is 1.43. The van der Waals surface area contributed by atoms with Crippen molar-refractivity contribution in [3.63, 3.8) is 0 Å². The quantitative estimate of drug-likeness (QED) is 0.775. The number of amides is 1. The van der Waals surface area contributed by atoms with Gasteiger partial charge in [0.25, 0.3) is 5.91 Å². The molecule has 1 aromatic heterocycles. The molecule has 1 fully saturated rings. The van der Waals surface area contributed by atoms with Gasteiger partial charge in [-0.3, -0.25) is 4.79 Å². The molecule has 1 unspecified atom stereocenters. The van der Waals surface area contributed by atoms with Gasteiger partial charge in [0, 0.05) is 36.4 Å². The summed E-state index contributed by atoms with van der Waals surface area (Å²) in [5, 5.41) is 1.12. The van der Waals surface area contributed by atoms with Crippen molar-refractivity contribution in [1.82, 2.24) is 9.88 Å². The number of H-pyrrole nitrogens is 1. The Balaban J connectivity index is 1.89. The molecule has 88 valence electrons. The van der Waals surface area contributed by atoms with E-state index < -0.39 is 0 Å². The van der Waals surface area contributed by atoms with E-state index in [4.69, 9.17) is 5.73 Å². The highest BCUT2D eigenvalue weighted by Gasteiger charge is 2.24. The average molecular weight is 229 g/mol. The predicted octanol–water partition coefficient (Wildman–Crippen LogP) is 1.34. The summed E-state index contributed by atoms with van der Waals surface area (Å²) in [4.78, 5) is 17.2. The van der Waals surface area contributed by atoms with Crippen molar-refractivity contribution < 1.29 is 4.79 Å². The topological polar surface area (TPSA) is 62.1 Å². The zero-order valence-electron chi connectivity index (χ0n) is 9.52. The highest BCUT2D eigenvalue weighted by atomic mass is 16.2. The maximum atomic E-state index is 12.2. The number of nitrogens with two attached hydrogens (primary N) is 1. The summed E-state index contributed by atoms with van der Waals surface area (Å²) in [5.41, 5.74) is 7.54. The molecule has 2 aromatic rings. The van der Waals surface area contributed by atoms with Crippen molar-refractivity contribution >= 4 is 16.8 Å². The second kappa shape index (κ2) is 3.89. The van der Waals surface area contributed by atoms with Crippen molar-refractivity contribution in [2.75, 3.05) is 13.1 Å². The standard InChI is InChI=1S/C13H15N3O/c14-11-4-6-16(8-11)13(17)10-2-1-9-3-5-15-12(9)7-10/h1-3,5,7,11,15H,4,6,8,14H2. The fraction of sp³-hybridized carbons (Fsp3) is 0.308. The van der Waals surface area contributed by atoms with E-state index in [1.807, 2.05) is 35.4 Å². The van der Waals surface area contributed by atoms with Gasteiger partial charge in [-0.25, -0.2) is 0 Å². The fourth-order valence-corrected chi connectivity index (χ4v) is 2.34. The van der Waals surface area contributed by atoms with Gasteiger partial charge < -0.3 is 15.6 Å². The molecule has 4 heteroatoms. The number of likely N-dealkylation sites (tertiary alicyclic amines) is 1. The predicted molar refractivity (Wildman–Crippen MR) is 66.8 cm³/mol. The molecule has 4 nitrogen and oxygen atoms in total. The summed E-state index contributed by atoms with van der Waals surface area (Å²) in [6, 6.07) is 7.88. The van der Waals surface area contributed by atoms with Crippen LogP contribution in [0.15, 0.2) is 30.5 Å². The van der Waals surface area contributed by atoms with Crippen LogP contribution in [0.4, 0.5) is 0 Å². The van der Waals surface area contributed by atoms with Crippen LogP contribution in [0.2, 0.25) is 0 Å². The third kappa shape index (κ3) is 1.80. The monoisotopic (exact) mass is 229 g/mol. The Morgan fingerprint density at radius 1 is 1.41 bits per heavy atom. The van der Waals surface area contributed by atoms with Gasteiger partial charge in [0.2, 0.25) is 0 Å². The molecule has 1 saturated heterocycles. The molecule has 0 spiro atoms. The van der Waals surface area contributed by atoms with Crippen LogP contribution in [0.1, 0.15) is 16.8 Å². The Hall–Kier alpha value is -1.81. The summed E-state index contributed by atoms with van der Waals surface area (Å²) < 4.78 is 0. The molecular formula is C13H15N3O. The molecule has 2 heterocycles. The summed E-state index contributed by atoms with van der Waals surface area (Å²) in [6.07, 6.45) is 2.78. The van der Waals surface area contributed by atoms with Crippen molar-refractivity contribution in [2.24, 2.45) is 5.73 Å².